The quantitative estimate of drug-likeness (QED) is 0.693. The number of urea groups is 1. The molecule has 0 aromatic carbocycles. The number of carbonyl (C=O) groups is 2. The van der Waals surface area contributed by atoms with Gasteiger partial charge in [-0.15, -0.1) is 0 Å². The molecule has 3 N–H and O–H groups in total. The summed E-state index contributed by atoms with van der Waals surface area (Å²) in [5, 5.41) is 13.8. The van der Waals surface area contributed by atoms with Crippen LogP contribution in [0.5, 0.6) is 0 Å². The number of halogens is 1. The Labute approximate surface area is 99.9 Å². The Morgan fingerprint density at radius 2 is 2.06 bits per heavy atom. The van der Waals surface area contributed by atoms with Crippen LogP contribution in [0.3, 0.4) is 0 Å². The summed E-state index contributed by atoms with van der Waals surface area (Å²) in [6.45, 7) is 5.19. The van der Waals surface area contributed by atoms with Gasteiger partial charge in [-0.25, -0.2) is 9.59 Å². The van der Waals surface area contributed by atoms with Gasteiger partial charge in [-0.3, -0.25) is 0 Å². The van der Waals surface area contributed by atoms with E-state index in [-0.39, 0.29) is 6.54 Å². The van der Waals surface area contributed by atoms with Crippen LogP contribution in [0, 0.1) is 0 Å². The van der Waals surface area contributed by atoms with Gasteiger partial charge in [0.2, 0.25) is 0 Å². The summed E-state index contributed by atoms with van der Waals surface area (Å²) in [7, 11) is 0. The molecule has 2 amide bonds. The monoisotopic (exact) mass is 248 g/mol. The van der Waals surface area contributed by atoms with Crippen molar-refractivity contribution >= 4 is 23.6 Å². The Hall–Kier alpha value is -1.23. The zero-order chi connectivity index (χ0) is 12.8. The number of aliphatic carboxylic acids is 1. The SMILES string of the molecule is CCC(C)(NC(=O)NCC(C)=CCl)C(=O)O. The van der Waals surface area contributed by atoms with E-state index >= 15 is 0 Å². The van der Waals surface area contributed by atoms with Crippen molar-refractivity contribution in [2.45, 2.75) is 32.7 Å². The van der Waals surface area contributed by atoms with Gasteiger partial charge in [-0.05, 0) is 25.8 Å². The van der Waals surface area contributed by atoms with Crippen molar-refractivity contribution in [3.05, 3.63) is 11.1 Å². The minimum Gasteiger partial charge on any atom is -0.480 e. The highest BCUT2D eigenvalue weighted by Crippen LogP contribution is 2.08. The Balaban J connectivity index is 4.28. The van der Waals surface area contributed by atoms with Gasteiger partial charge < -0.3 is 15.7 Å². The van der Waals surface area contributed by atoms with Crippen molar-refractivity contribution in [1.29, 1.82) is 0 Å². The maximum atomic E-state index is 11.4. The maximum Gasteiger partial charge on any atom is 0.329 e. The summed E-state index contributed by atoms with van der Waals surface area (Å²) < 4.78 is 0. The number of amides is 2. The van der Waals surface area contributed by atoms with Crippen LogP contribution in [0.25, 0.3) is 0 Å². The summed E-state index contributed by atoms with van der Waals surface area (Å²) in [5.74, 6) is -1.06. The molecule has 92 valence electrons. The van der Waals surface area contributed by atoms with Crippen LogP contribution in [-0.4, -0.2) is 29.2 Å². The van der Waals surface area contributed by atoms with E-state index in [0.29, 0.717) is 6.42 Å². The summed E-state index contributed by atoms with van der Waals surface area (Å²) in [6.07, 6.45) is 0.306. The summed E-state index contributed by atoms with van der Waals surface area (Å²) in [5.41, 5.74) is 0.893. The second kappa shape index (κ2) is 6.37. The molecule has 0 spiro atoms. The molecule has 0 aliphatic heterocycles. The number of carboxylic acid groups (broad SMARTS) is 1. The van der Waals surface area contributed by atoms with Crippen molar-refractivity contribution in [3.63, 3.8) is 0 Å². The average Bonchev–Trinajstić information content (AvgIpc) is 2.25. The van der Waals surface area contributed by atoms with Gasteiger partial charge >= 0.3 is 12.0 Å². The minimum absolute atomic E-state index is 0.286. The fourth-order valence-electron chi connectivity index (χ4n) is 0.846. The lowest BCUT2D eigenvalue weighted by Crippen LogP contribution is -2.54. The smallest absolute Gasteiger partial charge is 0.329 e. The van der Waals surface area contributed by atoms with Gasteiger partial charge in [0.15, 0.2) is 0 Å². The highest BCUT2D eigenvalue weighted by atomic mass is 35.5. The maximum absolute atomic E-state index is 11.4. The van der Waals surface area contributed by atoms with Crippen LogP contribution in [0.15, 0.2) is 11.1 Å². The zero-order valence-electron chi connectivity index (χ0n) is 9.63. The molecular weight excluding hydrogens is 232 g/mol. The molecule has 0 aromatic rings. The van der Waals surface area contributed by atoms with Crippen molar-refractivity contribution in [2.75, 3.05) is 6.54 Å². The highest BCUT2D eigenvalue weighted by molar-refractivity contribution is 6.25. The number of nitrogens with one attached hydrogen (secondary N) is 2. The van der Waals surface area contributed by atoms with Gasteiger partial charge in [0, 0.05) is 12.1 Å². The summed E-state index contributed by atoms with van der Waals surface area (Å²) >= 11 is 5.42. The van der Waals surface area contributed by atoms with Gasteiger partial charge in [-0.2, -0.15) is 0 Å². The van der Waals surface area contributed by atoms with E-state index in [9.17, 15) is 9.59 Å². The summed E-state index contributed by atoms with van der Waals surface area (Å²) in [6, 6.07) is -0.524. The van der Waals surface area contributed by atoms with Gasteiger partial charge in [0.25, 0.3) is 0 Å². The third-order valence-electron chi connectivity index (χ3n) is 2.28. The molecule has 0 radical (unpaired) electrons. The predicted molar refractivity (Wildman–Crippen MR) is 62.5 cm³/mol. The topological polar surface area (TPSA) is 78.4 Å². The number of carbonyl (C=O) groups excluding carboxylic acids is 1. The molecule has 0 heterocycles. The molecule has 0 bridgehead atoms. The van der Waals surface area contributed by atoms with Crippen LogP contribution in [-0.2, 0) is 4.79 Å². The molecule has 0 aromatic heterocycles. The molecule has 0 saturated carbocycles. The second-order valence-corrected chi connectivity index (χ2v) is 3.97. The van der Waals surface area contributed by atoms with Gasteiger partial charge in [0.1, 0.15) is 5.54 Å². The largest absolute Gasteiger partial charge is 0.480 e. The lowest BCUT2D eigenvalue weighted by atomic mass is 10.00. The molecule has 16 heavy (non-hydrogen) atoms. The van der Waals surface area contributed by atoms with E-state index in [4.69, 9.17) is 16.7 Å². The highest BCUT2D eigenvalue weighted by Gasteiger charge is 2.32. The molecule has 1 unspecified atom stereocenters. The van der Waals surface area contributed by atoms with Crippen molar-refractivity contribution in [1.82, 2.24) is 10.6 Å². The van der Waals surface area contributed by atoms with Crippen molar-refractivity contribution < 1.29 is 14.7 Å². The lowest BCUT2D eigenvalue weighted by molar-refractivity contribution is -0.143. The molecule has 0 rings (SSSR count). The Morgan fingerprint density at radius 3 is 2.44 bits per heavy atom. The third-order valence-corrected chi connectivity index (χ3v) is 2.66. The standard InChI is InChI=1S/C10H17ClN2O3/c1-4-10(3,8(14)15)13-9(16)12-6-7(2)5-11/h5H,4,6H2,1-3H3,(H,14,15)(H2,12,13,16). The van der Waals surface area contributed by atoms with E-state index in [1.54, 1.807) is 13.8 Å². The number of carboxylic acids is 1. The molecule has 6 heteroatoms. The fraction of sp³-hybridized carbons (Fsp3) is 0.600. The minimum atomic E-state index is -1.25. The molecule has 0 aliphatic carbocycles. The summed E-state index contributed by atoms with van der Waals surface area (Å²) in [4.78, 5) is 22.3. The Bertz CT molecular complexity index is 304. The first-order valence-corrected chi connectivity index (χ1v) is 5.34. The number of hydrogen-bond acceptors (Lipinski definition) is 2. The van der Waals surface area contributed by atoms with E-state index in [1.165, 1.54) is 12.5 Å². The van der Waals surface area contributed by atoms with E-state index < -0.39 is 17.5 Å². The normalized spacial score (nSPS) is 15.1. The van der Waals surface area contributed by atoms with Crippen molar-refractivity contribution in [3.8, 4) is 0 Å². The predicted octanol–water partition coefficient (Wildman–Crippen LogP) is 1.68. The molecular formula is C10H17ClN2O3. The van der Waals surface area contributed by atoms with Crippen LogP contribution in [0.2, 0.25) is 0 Å². The van der Waals surface area contributed by atoms with Gasteiger partial charge in [0.05, 0.1) is 0 Å². The molecule has 1 atom stereocenters. The molecule has 0 saturated heterocycles. The Kier molecular flexibility index (Phi) is 5.88. The fourth-order valence-corrected chi connectivity index (χ4v) is 0.923. The van der Waals surface area contributed by atoms with E-state index in [1.807, 2.05) is 0 Å². The number of hydrogen-bond donors (Lipinski definition) is 3. The lowest BCUT2D eigenvalue weighted by Gasteiger charge is -2.24. The average molecular weight is 249 g/mol. The van der Waals surface area contributed by atoms with Crippen LogP contribution < -0.4 is 10.6 Å². The van der Waals surface area contributed by atoms with Gasteiger partial charge in [-0.1, -0.05) is 18.5 Å². The van der Waals surface area contributed by atoms with E-state index in [0.717, 1.165) is 5.57 Å². The molecule has 5 nitrogen and oxygen atoms in total. The van der Waals surface area contributed by atoms with Crippen molar-refractivity contribution in [2.24, 2.45) is 0 Å². The first-order valence-electron chi connectivity index (χ1n) is 4.91. The second-order valence-electron chi connectivity index (χ2n) is 3.75. The Morgan fingerprint density at radius 1 is 1.50 bits per heavy atom. The van der Waals surface area contributed by atoms with E-state index in [2.05, 4.69) is 10.6 Å². The van der Waals surface area contributed by atoms with Crippen LogP contribution in [0.1, 0.15) is 27.2 Å². The van der Waals surface area contributed by atoms with Crippen LogP contribution in [0.4, 0.5) is 4.79 Å². The third kappa shape index (κ3) is 4.53. The number of rotatable bonds is 5. The molecule has 0 aliphatic rings. The molecule has 0 fully saturated rings. The zero-order valence-corrected chi connectivity index (χ0v) is 10.4. The first kappa shape index (κ1) is 14.8. The first-order chi connectivity index (χ1) is 7.35. The van der Waals surface area contributed by atoms with Crippen LogP contribution >= 0.6 is 11.6 Å².